The van der Waals surface area contributed by atoms with E-state index in [1.807, 2.05) is 9.54 Å². The number of benzene rings is 1. The standard InChI is InChI=1S/C14H11O.C9H13.2CH3.H2Si.Zr/c1-10-8-11-4-2-3-5-13(11)14(10)12-6-7-15-9-12;1-6-5-7(2)9(4)8(6)3;;;;/h2-9H,1H3;6H,1-4H3;2*1H3;1H2;. The molecule has 0 bridgehead atoms. The Morgan fingerprint density at radius 2 is 1.61 bits per heavy atom. The molecule has 0 saturated carbocycles. The molecule has 1 aromatic heterocycles. The molecule has 3 heteroatoms. The molecule has 2 aliphatic carbocycles. The zero-order valence-corrected chi connectivity index (χ0v) is 22.2. The quantitative estimate of drug-likeness (QED) is 0.455. The second-order valence-electron chi connectivity index (χ2n) is 9.97. The molecule has 0 saturated heterocycles. The first kappa shape index (κ1) is 20.1. The predicted molar refractivity (Wildman–Crippen MR) is 120 cm³/mol. The van der Waals surface area contributed by atoms with Gasteiger partial charge in [-0.25, -0.2) is 0 Å². The molecule has 28 heavy (non-hydrogen) atoms. The summed E-state index contributed by atoms with van der Waals surface area (Å²) >= 11 is -3.35. The molecule has 0 aliphatic heterocycles. The van der Waals surface area contributed by atoms with Gasteiger partial charge in [0.25, 0.3) is 0 Å². The molecule has 146 valence electrons. The Bertz CT molecular complexity index is 1130. The van der Waals surface area contributed by atoms with Crippen molar-refractivity contribution in [3.8, 4) is 0 Å². The monoisotopic (exact) mass is 466 g/mol. The van der Waals surface area contributed by atoms with E-state index < -0.39 is 17.4 Å². The fraction of sp³-hybridized carbons (Fsp3) is 0.360. The molecular formula is C25H32OSiZr. The van der Waals surface area contributed by atoms with Crippen molar-refractivity contribution >= 4 is 12.5 Å². The van der Waals surface area contributed by atoms with E-state index >= 15 is 0 Å². The first-order valence-corrected chi connectivity index (χ1v) is 23.8. The zero-order chi connectivity index (χ0) is 20.5. The van der Waals surface area contributed by atoms with Crippen LogP contribution in [-0.4, -0.2) is 6.88 Å². The van der Waals surface area contributed by atoms with Gasteiger partial charge in [0.05, 0.1) is 0 Å². The molecular weight excluding hydrogens is 436 g/mol. The summed E-state index contributed by atoms with van der Waals surface area (Å²) in [5.74, 6) is 0.580. The molecule has 1 aromatic carbocycles. The van der Waals surface area contributed by atoms with Gasteiger partial charge in [-0.05, 0) is 0 Å². The van der Waals surface area contributed by atoms with Gasteiger partial charge in [-0.1, -0.05) is 0 Å². The molecule has 0 fully saturated rings. The summed E-state index contributed by atoms with van der Waals surface area (Å²) in [5, 5.41) is 0. The predicted octanol–water partition coefficient (Wildman–Crippen LogP) is 6.75. The third kappa shape index (κ3) is 2.66. The molecule has 0 amide bonds. The van der Waals surface area contributed by atoms with E-state index in [0.29, 0.717) is 9.54 Å². The van der Waals surface area contributed by atoms with Crippen LogP contribution in [-0.2, 0) is 17.4 Å². The van der Waals surface area contributed by atoms with E-state index in [1.165, 1.54) is 27.8 Å². The van der Waals surface area contributed by atoms with Crippen LogP contribution in [0.1, 0.15) is 54.9 Å². The third-order valence-electron chi connectivity index (χ3n) is 7.63. The number of hydrogen-bond donors (Lipinski definition) is 0. The van der Waals surface area contributed by atoms with E-state index in [9.17, 15) is 0 Å². The Hall–Kier alpha value is -1.18. The normalized spacial score (nSPS) is 23.1. The van der Waals surface area contributed by atoms with Crippen molar-refractivity contribution in [3.63, 3.8) is 0 Å². The average molecular weight is 468 g/mol. The minimum absolute atomic E-state index is 0.548. The van der Waals surface area contributed by atoms with Crippen molar-refractivity contribution in [2.45, 2.75) is 47.5 Å². The van der Waals surface area contributed by atoms with Gasteiger partial charge in [0, 0.05) is 0 Å². The summed E-state index contributed by atoms with van der Waals surface area (Å²) in [6.45, 7) is 14.3. The van der Waals surface area contributed by atoms with Crippen molar-refractivity contribution in [3.05, 3.63) is 85.1 Å². The van der Waals surface area contributed by atoms with Crippen molar-refractivity contribution in [2.75, 3.05) is 0 Å². The molecule has 0 radical (unpaired) electrons. The second kappa shape index (κ2) is 6.41. The molecule has 0 N–H and O–H groups in total. The molecule has 2 aromatic rings. The van der Waals surface area contributed by atoms with Gasteiger partial charge < -0.3 is 0 Å². The van der Waals surface area contributed by atoms with E-state index in [0.717, 1.165) is 0 Å². The Kier molecular flexibility index (Phi) is 4.60. The molecule has 1 nitrogen and oxygen atoms in total. The fourth-order valence-electron chi connectivity index (χ4n) is 6.40. The Balaban J connectivity index is 2.00. The molecule has 2 atom stereocenters. The van der Waals surface area contributed by atoms with Crippen LogP contribution in [0, 0.1) is 5.92 Å². The van der Waals surface area contributed by atoms with Crippen LogP contribution in [0.25, 0.3) is 5.57 Å². The van der Waals surface area contributed by atoms with Gasteiger partial charge in [-0.3, -0.25) is 0 Å². The van der Waals surface area contributed by atoms with E-state index in [2.05, 4.69) is 81.1 Å². The van der Waals surface area contributed by atoms with Gasteiger partial charge >= 0.3 is 173 Å². The van der Waals surface area contributed by atoms with Crippen molar-refractivity contribution < 1.29 is 21.8 Å². The van der Waals surface area contributed by atoms with E-state index in [1.54, 1.807) is 23.0 Å². The molecule has 1 heterocycles. The van der Waals surface area contributed by atoms with Crippen LogP contribution < -0.4 is 0 Å². The summed E-state index contributed by atoms with van der Waals surface area (Å²) < 4.78 is 13.2. The van der Waals surface area contributed by atoms with Gasteiger partial charge in [0.1, 0.15) is 0 Å². The van der Waals surface area contributed by atoms with E-state index in [4.69, 9.17) is 4.42 Å². The SMILES string of the molecule is CC1=C(C)C(C)[C]([Zr]([CH3])([CH3])(=[SiH2])[CH]2C(C)=C(c3ccoc3)c3ccccc32)=C1C. The van der Waals surface area contributed by atoms with Gasteiger partial charge in [0.15, 0.2) is 0 Å². The number of rotatable bonds is 3. The number of furan rings is 1. The summed E-state index contributed by atoms with van der Waals surface area (Å²) in [6.07, 6.45) is 3.70. The van der Waals surface area contributed by atoms with Gasteiger partial charge in [0.2, 0.25) is 0 Å². The van der Waals surface area contributed by atoms with Gasteiger partial charge in [-0.15, -0.1) is 0 Å². The molecule has 2 unspecified atom stereocenters. The van der Waals surface area contributed by atoms with Crippen molar-refractivity contribution in [2.24, 2.45) is 5.92 Å². The van der Waals surface area contributed by atoms with Crippen molar-refractivity contribution in [1.82, 2.24) is 0 Å². The second-order valence-corrected chi connectivity index (χ2v) is 39.4. The minimum atomic E-state index is -3.35. The van der Waals surface area contributed by atoms with Crippen LogP contribution in [0.5, 0.6) is 0 Å². The van der Waals surface area contributed by atoms with Crippen LogP contribution in [0.4, 0.5) is 0 Å². The fourth-order valence-corrected chi connectivity index (χ4v) is 28.0. The van der Waals surface area contributed by atoms with Crippen LogP contribution in [0.2, 0.25) is 9.26 Å². The topological polar surface area (TPSA) is 13.1 Å². The van der Waals surface area contributed by atoms with Crippen LogP contribution >= 0.6 is 0 Å². The zero-order valence-electron chi connectivity index (χ0n) is 18.3. The number of fused-ring (bicyclic) bond motifs is 1. The number of allylic oxidation sites excluding steroid dienone is 5. The molecule has 4 rings (SSSR count). The first-order valence-electron chi connectivity index (χ1n) is 10.3. The van der Waals surface area contributed by atoms with Crippen molar-refractivity contribution in [1.29, 1.82) is 0 Å². The number of hydrogen-bond acceptors (Lipinski definition) is 1. The third-order valence-corrected chi connectivity index (χ3v) is 25.0. The molecule has 2 aliphatic rings. The Morgan fingerprint density at radius 1 is 0.929 bits per heavy atom. The van der Waals surface area contributed by atoms with Gasteiger partial charge in [-0.2, -0.15) is 0 Å². The van der Waals surface area contributed by atoms with Crippen LogP contribution in [0.15, 0.2) is 72.8 Å². The molecule has 0 spiro atoms. The summed E-state index contributed by atoms with van der Waals surface area (Å²) in [4.78, 5) is 0. The Labute approximate surface area is 172 Å². The maximum atomic E-state index is 5.47. The maximum absolute atomic E-state index is 5.47. The summed E-state index contributed by atoms with van der Waals surface area (Å²) in [6, 6.07) is 11.2. The summed E-state index contributed by atoms with van der Waals surface area (Å²) in [5.41, 5.74) is 11.8. The van der Waals surface area contributed by atoms with Crippen LogP contribution in [0.3, 0.4) is 0 Å². The van der Waals surface area contributed by atoms with E-state index in [-0.39, 0.29) is 0 Å². The summed E-state index contributed by atoms with van der Waals surface area (Å²) in [7, 11) is 0. The first-order chi connectivity index (χ1) is 13.0. The average Bonchev–Trinajstić information content (AvgIpc) is 3.28. The Morgan fingerprint density at radius 3 is 2.18 bits per heavy atom.